The molecule has 0 spiro atoms. The van der Waals surface area contributed by atoms with E-state index in [1.165, 1.54) is 0 Å². The first-order chi connectivity index (χ1) is 30.8. The van der Waals surface area contributed by atoms with E-state index in [0.29, 0.717) is 41.7 Å². The van der Waals surface area contributed by atoms with Crippen molar-refractivity contribution in [2.75, 3.05) is 75.3 Å². The van der Waals surface area contributed by atoms with Crippen LogP contribution in [0.3, 0.4) is 0 Å². The number of benzene rings is 2. The Balaban J connectivity index is 1.48. The maximum atomic E-state index is 14.4. The second-order valence-corrected chi connectivity index (χ2v) is 18.5. The molecule has 8 atom stereocenters. The monoisotopic (exact) mass is 908 g/mol. The SMILES string of the molecule is CC[C@H](C)[C@@H]([C@@H](CC(=O)N1CCCC1[C@H](OC)[C@@H](C)C(=O)Nc1cc(/C=C\c2cc(OC)c3c(c2)OCO3)ccc1OC)OC)N(C)C(=O)C[C@H](C(C)C)N(C)C(=O)[C@H](C(C)C)N(C)C. The van der Waals surface area contributed by atoms with Gasteiger partial charge in [-0.2, -0.15) is 0 Å². The van der Waals surface area contributed by atoms with Crippen molar-refractivity contribution in [1.82, 2.24) is 19.6 Å². The number of anilines is 1. The molecular weight excluding hydrogens is 831 g/mol. The van der Waals surface area contributed by atoms with E-state index < -0.39 is 24.2 Å². The molecule has 65 heavy (non-hydrogen) atoms. The van der Waals surface area contributed by atoms with E-state index in [1.807, 2.05) is 94.9 Å². The van der Waals surface area contributed by atoms with Gasteiger partial charge in [-0.25, -0.2) is 0 Å². The van der Waals surface area contributed by atoms with E-state index in [4.69, 9.17) is 28.4 Å². The minimum Gasteiger partial charge on any atom is -0.495 e. The molecule has 15 heteroatoms. The molecule has 1 unspecified atom stereocenters. The van der Waals surface area contributed by atoms with E-state index in [0.717, 1.165) is 24.0 Å². The molecule has 2 aliphatic heterocycles. The Bertz CT molecular complexity index is 1950. The van der Waals surface area contributed by atoms with Gasteiger partial charge in [-0.15, -0.1) is 0 Å². The minimum absolute atomic E-state index is 0.000566. The van der Waals surface area contributed by atoms with Gasteiger partial charge < -0.3 is 48.4 Å². The maximum Gasteiger partial charge on any atom is 0.240 e. The van der Waals surface area contributed by atoms with Crippen LogP contribution in [0, 0.1) is 23.7 Å². The highest BCUT2D eigenvalue weighted by Crippen LogP contribution is 2.42. The molecule has 1 fully saturated rings. The van der Waals surface area contributed by atoms with Crippen LogP contribution in [-0.2, 0) is 28.7 Å². The van der Waals surface area contributed by atoms with Crippen molar-refractivity contribution in [3.63, 3.8) is 0 Å². The van der Waals surface area contributed by atoms with Crippen LogP contribution in [0.2, 0.25) is 0 Å². The Morgan fingerprint density at radius 1 is 0.831 bits per heavy atom. The van der Waals surface area contributed by atoms with Gasteiger partial charge in [-0.3, -0.25) is 24.1 Å². The zero-order valence-corrected chi connectivity index (χ0v) is 41.6. The van der Waals surface area contributed by atoms with Crippen LogP contribution in [0.15, 0.2) is 30.3 Å². The number of rotatable bonds is 23. The number of ether oxygens (including phenoxy) is 6. The largest absolute Gasteiger partial charge is 0.495 e. The van der Waals surface area contributed by atoms with Crippen molar-refractivity contribution in [2.24, 2.45) is 23.7 Å². The molecule has 0 aliphatic carbocycles. The number of hydrogen-bond acceptors (Lipinski definition) is 11. The van der Waals surface area contributed by atoms with Crippen LogP contribution < -0.4 is 24.3 Å². The summed E-state index contributed by atoms with van der Waals surface area (Å²) in [6, 6.07) is 7.85. The third-order valence-electron chi connectivity index (χ3n) is 13.4. The predicted octanol–water partition coefficient (Wildman–Crippen LogP) is 6.92. The second kappa shape index (κ2) is 24.1. The highest BCUT2D eigenvalue weighted by atomic mass is 16.7. The summed E-state index contributed by atoms with van der Waals surface area (Å²) in [6.07, 6.45) is 4.97. The maximum absolute atomic E-state index is 14.4. The predicted molar refractivity (Wildman–Crippen MR) is 254 cm³/mol. The molecular formula is C50H77N5O10. The lowest BCUT2D eigenvalue weighted by Crippen LogP contribution is -2.55. The number of hydrogen-bond donors (Lipinski definition) is 1. The zero-order chi connectivity index (χ0) is 48.3. The molecule has 0 radical (unpaired) electrons. The number of methoxy groups -OCH3 is 4. The van der Waals surface area contributed by atoms with E-state index >= 15 is 0 Å². The van der Waals surface area contributed by atoms with E-state index in [-0.39, 0.29) is 79.1 Å². The first-order valence-electron chi connectivity index (χ1n) is 23.0. The summed E-state index contributed by atoms with van der Waals surface area (Å²) < 4.78 is 34.4. The number of likely N-dealkylation sites (tertiary alicyclic amines) is 1. The van der Waals surface area contributed by atoms with Crippen LogP contribution in [0.25, 0.3) is 12.2 Å². The third kappa shape index (κ3) is 12.7. The molecule has 1 N–H and O–H groups in total. The number of likely N-dealkylation sites (N-methyl/N-ethyl adjacent to an activating group) is 3. The summed E-state index contributed by atoms with van der Waals surface area (Å²) in [5.41, 5.74) is 2.16. The Kier molecular flexibility index (Phi) is 19.5. The molecule has 0 saturated carbocycles. The van der Waals surface area contributed by atoms with E-state index in [2.05, 4.69) is 19.2 Å². The topological polar surface area (TPSA) is 149 Å². The molecule has 2 aromatic rings. The van der Waals surface area contributed by atoms with Crippen molar-refractivity contribution in [3.05, 3.63) is 41.5 Å². The summed E-state index contributed by atoms with van der Waals surface area (Å²) in [5, 5.41) is 3.06. The fourth-order valence-electron chi connectivity index (χ4n) is 9.55. The van der Waals surface area contributed by atoms with Gasteiger partial charge in [0, 0.05) is 47.3 Å². The molecule has 362 valence electrons. The first kappa shape index (κ1) is 52.8. The quantitative estimate of drug-likeness (QED) is 0.116. The number of amides is 4. The number of carbonyl (C=O) groups excluding carboxylic acids is 4. The highest BCUT2D eigenvalue weighted by molar-refractivity contribution is 5.95. The van der Waals surface area contributed by atoms with Gasteiger partial charge in [0.1, 0.15) is 5.75 Å². The van der Waals surface area contributed by atoms with Crippen LogP contribution in [0.1, 0.15) is 91.7 Å². The van der Waals surface area contributed by atoms with E-state index in [9.17, 15) is 19.2 Å². The molecule has 0 bridgehead atoms. The van der Waals surface area contributed by atoms with Gasteiger partial charge in [0.25, 0.3) is 0 Å². The molecule has 0 aromatic heterocycles. The molecule has 2 aromatic carbocycles. The highest BCUT2D eigenvalue weighted by Gasteiger charge is 2.43. The Morgan fingerprint density at radius 3 is 2.09 bits per heavy atom. The number of nitrogens with zero attached hydrogens (tertiary/aromatic N) is 4. The summed E-state index contributed by atoms with van der Waals surface area (Å²) in [6.45, 7) is 14.7. The zero-order valence-electron chi connectivity index (χ0n) is 41.6. The van der Waals surface area contributed by atoms with Crippen molar-refractivity contribution in [1.29, 1.82) is 0 Å². The van der Waals surface area contributed by atoms with Crippen LogP contribution in [-0.4, -0.2) is 150 Å². The Labute approximate surface area is 388 Å². The van der Waals surface area contributed by atoms with Crippen molar-refractivity contribution < 1.29 is 47.6 Å². The number of fused-ring (bicyclic) bond motifs is 1. The van der Waals surface area contributed by atoms with Crippen LogP contribution in [0.4, 0.5) is 5.69 Å². The minimum atomic E-state index is -0.648. The average molecular weight is 908 g/mol. The normalized spacial score (nSPS) is 18.1. The van der Waals surface area contributed by atoms with Crippen molar-refractivity contribution >= 4 is 41.5 Å². The van der Waals surface area contributed by atoms with Gasteiger partial charge in [0.15, 0.2) is 11.5 Å². The Morgan fingerprint density at radius 2 is 1.51 bits per heavy atom. The summed E-state index contributed by atoms with van der Waals surface area (Å²) in [7, 11) is 13.7. The molecule has 2 aliphatic rings. The standard InChI is InChI=1S/C50H77N5O10/c1-16-32(6)46(54(11)43(56)27-38(30(2)3)53(10)50(59)45(31(4)5)52(8)9)40(61-13)28-44(57)55-23-17-18-37(55)47(63-15)33(7)49(58)51-36-24-34(21-22-39(36)60-12)19-20-35-25-41(62-14)48-42(26-35)64-29-65-48/h19-22,24-26,30-33,37-38,40,45-47H,16-18,23,27-29H2,1-15H3,(H,51,58)/b20-19-/t32-,33+,37?,38+,40+,45-,46-,47+/m0/s1. The van der Waals surface area contributed by atoms with Crippen LogP contribution >= 0.6 is 0 Å². The number of carbonyl (C=O) groups is 4. The van der Waals surface area contributed by atoms with Gasteiger partial charge in [0.2, 0.25) is 36.2 Å². The van der Waals surface area contributed by atoms with Crippen molar-refractivity contribution in [2.45, 2.75) is 117 Å². The molecule has 2 heterocycles. The Hall–Kier alpha value is -4.86. The smallest absolute Gasteiger partial charge is 0.240 e. The fraction of sp³-hybridized carbons (Fsp3) is 0.640. The molecule has 4 rings (SSSR count). The lowest BCUT2D eigenvalue weighted by Gasteiger charge is -2.41. The van der Waals surface area contributed by atoms with Gasteiger partial charge in [0.05, 0.1) is 62.6 Å². The summed E-state index contributed by atoms with van der Waals surface area (Å²) >= 11 is 0. The number of nitrogens with one attached hydrogen (secondary N) is 1. The van der Waals surface area contributed by atoms with E-state index in [1.54, 1.807) is 58.4 Å². The molecule has 4 amide bonds. The van der Waals surface area contributed by atoms with Gasteiger partial charge in [-0.05, 0) is 80.1 Å². The van der Waals surface area contributed by atoms with Gasteiger partial charge in [-0.1, -0.05) is 73.1 Å². The molecule has 15 nitrogen and oxygen atoms in total. The van der Waals surface area contributed by atoms with Crippen molar-refractivity contribution in [3.8, 4) is 23.0 Å². The van der Waals surface area contributed by atoms with Gasteiger partial charge >= 0.3 is 0 Å². The third-order valence-corrected chi connectivity index (χ3v) is 13.4. The van der Waals surface area contributed by atoms with Crippen LogP contribution in [0.5, 0.6) is 23.0 Å². The second-order valence-electron chi connectivity index (χ2n) is 18.5. The lowest BCUT2D eigenvalue weighted by atomic mass is 9.89. The summed E-state index contributed by atoms with van der Waals surface area (Å²) in [4.78, 5) is 63.7. The fourth-order valence-corrected chi connectivity index (χ4v) is 9.55. The summed E-state index contributed by atoms with van der Waals surface area (Å²) in [5.74, 6) is 1.18. The first-order valence-corrected chi connectivity index (χ1v) is 23.0. The average Bonchev–Trinajstić information content (AvgIpc) is 3.97. The lowest BCUT2D eigenvalue weighted by molar-refractivity contribution is -0.147. The molecule has 1 saturated heterocycles.